The third-order valence-corrected chi connectivity index (χ3v) is 4.99. The highest BCUT2D eigenvalue weighted by Crippen LogP contribution is 2.31. The molecule has 1 aliphatic heterocycles. The van der Waals surface area contributed by atoms with Crippen molar-refractivity contribution < 1.29 is 13.9 Å². The number of amides is 1. The molecular formula is C17H19FN2O2S. The maximum absolute atomic E-state index is 13.9. The number of rotatable bonds is 4. The molecule has 0 spiro atoms. The van der Waals surface area contributed by atoms with Crippen molar-refractivity contribution in [2.24, 2.45) is 0 Å². The van der Waals surface area contributed by atoms with E-state index < -0.39 is 0 Å². The zero-order chi connectivity index (χ0) is 16.2. The van der Waals surface area contributed by atoms with Gasteiger partial charge in [-0.15, -0.1) is 0 Å². The number of carbonyl (C=O) groups excluding carboxylic acids is 1. The summed E-state index contributed by atoms with van der Waals surface area (Å²) in [5.74, 6) is 0.0159. The second kappa shape index (κ2) is 7.08. The van der Waals surface area contributed by atoms with Gasteiger partial charge in [-0.1, -0.05) is 29.5 Å². The molecule has 0 N–H and O–H groups in total. The first-order valence-corrected chi connectivity index (χ1v) is 8.63. The lowest BCUT2D eigenvalue weighted by Gasteiger charge is -2.32. The Kier molecular flexibility index (Phi) is 4.91. The monoisotopic (exact) mass is 334 g/mol. The van der Waals surface area contributed by atoms with Crippen molar-refractivity contribution in [2.45, 2.75) is 25.7 Å². The number of nitrogens with zero attached hydrogens (tertiary/aromatic N) is 2. The highest BCUT2D eigenvalue weighted by molar-refractivity contribution is 7.15. The number of ether oxygens (including phenoxy) is 1. The van der Waals surface area contributed by atoms with E-state index in [1.807, 2.05) is 24.0 Å². The predicted octanol–water partition coefficient (Wildman–Crippen LogP) is 3.70. The summed E-state index contributed by atoms with van der Waals surface area (Å²) < 4.78 is 19.2. The predicted molar refractivity (Wildman–Crippen MR) is 87.6 cm³/mol. The summed E-state index contributed by atoms with van der Waals surface area (Å²) >= 11 is 1.27. The Morgan fingerprint density at radius 3 is 2.83 bits per heavy atom. The van der Waals surface area contributed by atoms with Gasteiger partial charge in [-0.2, -0.15) is 0 Å². The highest BCUT2D eigenvalue weighted by Gasteiger charge is 2.27. The Morgan fingerprint density at radius 2 is 2.13 bits per heavy atom. The fraction of sp³-hybridized carbons (Fsp3) is 0.412. The smallest absolute Gasteiger partial charge is 0.273 e. The number of piperidine rings is 1. The van der Waals surface area contributed by atoms with Crippen molar-refractivity contribution in [3.05, 3.63) is 46.7 Å². The van der Waals surface area contributed by atoms with E-state index in [4.69, 9.17) is 4.74 Å². The molecule has 0 unspecified atom stereocenters. The molecule has 0 radical (unpaired) electrons. The molecule has 4 nitrogen and oxygen atoms in total. The zero-order valence-electron chi connectivity index (χ0n) is 13.0. The summed E-state index contributed by atoms with van der Waals surface area (Å²) in [6, 6.07) is 6.91. The molecule has 6 heteroatoms. The third-order valence-electron chi connectivity index (χ3n) is 4.09. The van der Waals surface area contributed by atoms with Gasteiger partial charge in [0.15, 0.2) is 0 Å². The van der Waals surface area contributed by atoms with E-state index in [1.54, 1.807) is 12.3 Å². The van der Waals surface area contributed by atoms with Crippen molar-refractivity contribution >= 4 is 17.2 Å². The average Bonchev–Trinajstić information content (AvgIpc) is 3.04. The van der Waals surface area contributed by atoms with Crippen LogP contribution in [-0.4, -0.2) is 35.5 Å². The summed E-state index contributed by atoms with van der Waals surface area (Å²) in [4.78, 5) is 19.0. The molecule has 1 aliphatic rings. The molecule has 1 saturated heterocycles. The van der Waals surface area contributed by atoms with E-state index in [0.717, 1.165) is 18.4 Å². The molecule has 122 valence electrons. The molecular weight excluding hydrogens is 315 g/mol. The fourth-order valence-corrected chi connectivity index (χ4v) is 3.69. The molecule has 1 fully saturated rings. The largest absolute Gasteiger partial charge is 0.470 e. The van der Waals surface area contributed by atoms with Gasteiger partial charge in [0.05, 0.1) is 12.8 Å². The molecule has 1 aromatic carbocycles. The molecule has 2 heterocycles. The minimum Gasteiger partial charge on any atom is -0.470 e. The van der Waals surface area contributed by atoms with Crippen LogP contribution >= 0.6 is 11.3 Å². The lowest BCUT2D eigenvalue weighted by atomic mass is 9.89. The van der Waals surface area contributed by atoms with E-state index in [-0.39, 0.29) is 17.6 Å². The van der Waals surface area contributed by atoms with Crippen LogP contribution in [0.4, 0.5) is 4.39 Å². The third kappa shape index (κ3) is 3.52. The van der Waals surface area contributed by atoms with Crippen LogP contribution in [0, 0.1) is 5.82 Å². The Morgan fingerprint density at radius 1 is 1.39 bits per heavy atom. The number of thiazole rings is 1. The van der Waals surface area contributed by atoms with Gasteiger partial charge >= 0.3 is 0 Å². The number of halogens is 1. The SMILES string of the molecule is CCOc1ncc(C(=O)N2CCC(c3ccccc3F)CC2)s1. The normalized spacial score (nSPS) is 15.7. The minimum atomic E-state index is -0.152. The molecule has 2 aromatic rings. The van der Waals surface area contributed by atoms with Gasteiger partial charge in [-0.3, -0.25) is 4.79 Å². The first-order valence-electron chi connectivity index (χ1n) is 7.81. The standard InChI is InChI=1S/C17H19FN2O2S/c1-2-22-17-19-11-15(23-17)16(21)20-9-7-12(8-10-20)13-5-3-4-6-14(13)18/h3-6,11-12H,2,7-10H2,1H3. The Bertz CT molecular complexity index is 681. The molecule has 0 atom stereocenters. The molecule has 0 saturated carbocycles. The summed E-state index contributed by atoms with van der Waals surface area (Å²) in [5.41, 5.74) is 0.760. The number of aromatic nitrogens is 1. The summed E-state index contributed by atoms with van der Waals surface area (Å²) in [7, 11) is 0. The molecule has 3 rings (SSSR count). The van der Waals surface area contributed by atoms with E-state index in [1.165, 1.54) is 17.4 Å². The number of benzene rings is 1. The molecule has 1 aromatic heterocycles. The second-order valence-corrected chi connectivity index (χ2v) is 6.50. The van der Waals surface area contributed by atoms with E-state index >= 15 is 0 Å². The summed E-state index contributed by atoms with van der Waals surface area (Å²) in [6.45, 7) is 3.70. The summed E-state index contributed by atoms with van der Waals surface area (Å²) in [6.07, 6.45) is 3.13. The summed E-state index contributed by atoms with van der Waals surface area (Å²) in [5, 5.41) is 0.525. The number of carbonyl (C=O) groups is 1. The molecule has 1 amide bonds. The Hall–Kier alpha value is -1.95. The van der Waals surface area contributed by atoms with Crippen LogP contribution in [-0.2, 0) is 0 Å². The van der Waals surface area contributed by atoms with E-state index in [9.17, 15) is 9.18 Å². The maximum atomic E-state index is 13.9. The van der Waals surface area contributed by atoms with E-state index in [0.29, 0.717) is 29.8 Å². The van der Waals surface area contributed by atoms with Gasteiger partial charge in [-0.25, -0.2) is 9.37 Å². The van der Waals surface area contributed by atoms with Crippen LogP contribution in [0.1, 0.15) is 40.9 Å². The zero-order valence-corrected chi connectivity index (χ0v) is 13.8. The first kappa shape index (κ1) is 15.9. The topological polar surface area (TPSA) is 42.4 Å². The fourth-order valence-electron chi connectivity index (χ4n) is 2.90. The Balaban J connectivity index is 1.62. The lowest BCUT2D eigenvalue weighted by molar-refractivity contribution is 0.0717. The van der Waals surface area contributed by atoms with Gasteiger partial charge in [0.1, 0.15) is 10.7 Å². The lowest BCUT2D eigenvalue weighted by Crippen LogP contribution is -2.37. The van der Waals surface area contributed by atoms with Crippen LogP contribution in [0.3, 0.4) is 0 Å². The van der Waals surface area contributed by atoms with Crippen LogP contribution in [0.15, 0.2) is 30.5 Å². The van der Waals surface area contributed by atoms with Gasteiger partial charge in [0.2, 0.25) is 0 Å². The van der Waals surface area contributed by atoms with Crippen LogP contribution in [0.2, 0.25) is 0 Å². The van der Waals surface area contributed by atoms with Crippen molar-refractivity contribution in [1.82, 2.24) is 9.88 Å². The second-order valence-electron chi connectivity index (χ2n) is 5.51. The number of hydrogen-bond acceptors (Lipinski definition) is 4. The highest BCUT2D eigenvalue weighted by atomic mass is 32.1. The van der Waals surface area contributed by atoms with Crippen molar-refractivity contribution in [1.29, 1.82) is 0 Å². The van der Waals surface area contributed by atoms with Gasteiger partial charge in [0, 0.05) is 13.1 Å². The molecule has 0 aliphatic carbocycles. The van der Waals surface area contributed by atoms with Gasteiger partial charge < -0.3 is 9.64 Å². The quantitative estimate of drug-likeness (QED) is 0.856. The van der Waals surface area contributed by atoms with Crippen LogP contribution < -0.4 is 4.74 Å². The van der Waals surface area contributed by atoms with Gasteiger partial charge in [0.25, 0.3) is 11.1 Å². The molecule has 23 heavy (non-hydrogen) atoms. The number of hydrogen-bond donors (Lipinski definition) is 0. The number of likely N-dealkylation sites (tertiary alicyclic amines) is 1. The van der Waals surface area contributed by atoms with Crippen LogP contribution in [0.5, 0.6) is 5.19 Å². The van der Waals surface area contributed by atoms with Crippen molar-refractivity contribution in [2.75, 3.05) is 19.7 Å². The minimum absolute atomic E-state index is 0.0135. The Labute approximate surface area is 138 Å². The van der Waals surface area contributed by atoms with Gasteiger partial charge in [-0.05, 0) is 37.3 Å². The van der Waals surface area contributed by atoms with Crippen molar-refractivity contribution in [3.8, 4) is 5.19 Å². The van der Waals surface area contributed by atoms with Crippen molar-refractivity contribution in [3.63, 3.8) is 0 Å². The van der Waals surface area contributed by atoms with E-state index in [2.05, 4.69) is 4.98 Å². The average molecular weight is 334 g/mol. The maximum Gasteiger partial charge on any atom is 0.273 e. The van der Waals surface area contributed by atoms with Crippen LogP contribution in [0.25, 0.3) is 0 Å². The molecule has 0 bridgehead atoms. The first-order chi connectivity index (χ1) is 11.2.